The minimum absolute atomic E-state index is 0.0212. The molecule has 1 rings (SSSR count). The second kappa shape index (κ2) is 9.73. The van der Waals surface area contributed by atoms with Gasteiger partial charge in [-0.25, -0.2) is 4.79 Å². The van der Waals surface area contributed by atoms with Gasteiger partial charge in [-0.2, -0.15) is 0 Å². The number of hydrogen-bond acceptors (Lipinski definition) is 7. The van der Waals surface area contributed by atoms with E-state index in [1.54, 1.807) is 6.07 Å². The van der Waals surface area contributed by atoms with Crippen LogP contribution in [0.4, 0.5) is 5.69 Å². The van der Waals surface area contributed by atoms with Crippen LogP contribution in [0.2, 0.25) is 0 Å². The van der Waals surface area contributed by atoms with Crippen molar-refractivity contribution < 1.29 is 29.1 Å². The summed E-state index contributed by atoms with van der Waals surface area (Å²) >= 11 is 1.21. The number of rotatable bonds is 10. The molecule has 1 amide bonds. The fourth-order valence-electron chi connectivity index (χ4n) is 1.81. The van der Waals surface area contributed by atoms with E-state index in [-0.39, 0.29) is 23.8 Å². The predicted octanol–water partition coefficient (Wildman–Crippen LogP) is 1.05. The van der Waals surface area contributed by atoms with E-state index in [9.17, 15) is 19.7 Å². The maximum atomic E-state index is 11.7. The maximum Gasteiger partial charge on any atom is 0.328 e. The smallest absolute Gasteiger partial charge is 0.328 e. The number of nitro groups is 1. The molecule has 1 aromatic carbocycles. The third-order valence-electron chi connectivity index (χ3n) is 2.91. The summed E-state index contributed by atoms with van der Waals surface area (Å²) in [5, 5.41) is 22.2. The van der Waals surface area contributed by atoms with E-state index in [1.165, 1.54) is 38.1 Å². The lowest BCUT2D eigenvalue weighted by atomic mass is 10.2. The average molecular weight is 358 g/mol. The Bertz CT molecular complexity index is 609. The van der Waals surface area contributed by atoms with E-state index in [0.29, 0.717) is 11.3 Å². The zero-order chi connectivity index (χ0) is 18.1. The molecule has 0 heterocycles. The van der Waals surface area contributed by atoms with Gasteiger partial charge in [0.1, 0.15) is 0 Å². The Morgan fingerprint density at radius 3 is 2.67 bits per heavy atom. The van der Waals surface area contributed by atoms with Crippen molar-refractivity contribution in [3.05, 3.63) is 33.9 Å². The van der Waals surface area contributed by atoms with Crippen LogP contribution < -0.4 is 10.1 Å². The van der Waals surface area contributed by atoms with Gasteiger partial charge in [-0.1, -0.05) is 6.07 Å². The molecule has 0 aromatic heterocycles. The van der Waals surface area contributed by atoms with Gasteiger partial charge in [-0.15, -0.1) is 11.8 Å². The number of aliphatic carboxylic acids is 1. The van der Waals surface area contributed by atoms with Crippen molar-refractivity contribution in [2.45, 2.75) is 11.8 Å². The number of carboxylic acids is 1. The monoisotopic (exact) mass is 358 g/mol. The number of methoxy groups -OCH3 is 2. The minimum Gasteiger partial charge on any atom is -0.490 e. The van der Waals surface area contributed by atoms with Gasteiger partial charge >= 0.3 is 11.7 Å². The van der Waals surface area contributed by atoms with Crippen LogP contribution in [-0.2, 0) is 20.1 Å². The first kappa shape index (κ1) is 19.7. The Labute approximate surface area is 142 Å². The highest BCUT2D eigenvalue weighted by Gasteiger charge is 2.19. The summed E-state index contributed by atoms with van der Waals surface area (Å²) in [6.45, 7) is -0.129. The van der Waals surface area contributed by atoms with Gasteiger partial charge in [0.2, 0.25) is 5.91 Å². The second-order valence-electron chi connectivity index (χ2n) is 4.67. The number of amides is 1. The van der Waals surface area contributed by atoms with E-state index >= 15 is 0 Å². The van der Waals surface area contributed by atoms with E-state index in [0.717, 1.165) is 0 Å². The van der Waals surface area contributed by atoms with Crippen molar-refractivity contribution in [3.63, 3.8) is 0 Å². The van der Waals surface area contributed by atoms with Crippen LogP contribution in [0, 0.1) is 10.1 Å². The van der Waals surface area contributed by atoms with Crippen molar-refractivity contribution in [3.8, 4) is 5.75 Å². The summed E-state index contributed by atoms with van der Waals surface area (Å²) in [5.41, 5.74) is 0.512. The highest BCUT2D eigenvalue weighted by atomic mass is 32.2. The van der Waals surface area contributed by atoms with Crippen molar-refractivity contribution in [1.29, 1.82) is 0 Å². The summed E-state index contributed by atoms with van der Waals surface area (Å²) in [7, 11) is 2.69. The number of carboxylic acid groups (broad SMARTS) is 1. The van der Waals surface area contributed by atoms with Gasteiger partial charge in [0.15, 0.2) is 11.8 Å². The topological polar surface area (TPSA) is 128 Å². The Hall–Kier alpha value is -2.33. The molecular formula is C14H18N2O7S. The van der Waals surface area contributed by atoms with E-state index in [1.807, 2.05) is 0 Å². The molecule has 0 fully saturated rings. The standard InChI is InChI=1S/C14H18N2O7S/c1-22-6-10(14(18)19)15-13(17)8-24-7-9-3-4-12(23-2)11(5-9)16(20)21/h3-5,10H,6-8H2,1-2H3,(H,15,17)(H,18,19). The lowest BCUT2D eigenvalue weighted by Gasteiger charge is -2.13. The molecule has 1 unspecified atom stereocenters. The fourth-order valence-corrected chi connectivity index (χ4v) is 2.59. The molecule has 10 heteroatoms. The minimum atomic E-state index is -1.18. The average Bonchev–Trinajstić information content (AvgIpc) is 2.54. The lowest BCUT2D eigenvalue weighted by molar-refractivity contribution is -0.385. The Kier molecular flexibility index (Phi) is 7.99. The Morgan fingerprint density at radius 1 is 1.42 bits per heavy atom. The molecule has 9 nitrogen and oxygen atoms in total. The molecule has 0 saturated carbocycles. The molecule has 0 aliphatic carbocycles. The molecule has 0 spiro atoms. The summed E-state index contributed by atoms with van der Waals surface area (Å²) in [6, 6.07) is 3.44. The fraction of sp³-hybridized carbons (Fsp3) is 0.429. The number of ether oxygens (including phenoxy) is 2. The number of nitrogens with zero attached hydrogens (tertiary/aromatic N) is 1. The Balaban J connectivity index is 2.55. The van der Waals surface area contributed by atoms with Crippen LogP contribution in [0.1, 0.15) is 5.56 Å². The molecule has 0 saturated heterocycles. The third-order valence-corrected chi connectivity index (χ3v) is 3.91. The Morgan fingerprint density at radius 2 is 2.12 bits per heavy atom. The summed E-state index contributed by atoms with van der Waals surface area (Å²) in [5.74, 6) is -1.09. The number of carbonyl (C=O) groups is 2. The SMILES string of the molecule is COCC(NC(=O)CSCc1ccc(OC)c([N+](=O)[O-])c1)C(=O)O. The molecule has 0 aliphatic rings. The van der Waals surface area contributed by atoms with Crippen molar-refractivity contribution in [2.24, 2.45) is 0 Å². The summed E-state index contributed by atoms with van der Waals surface area (Å²) in [6.07, 6.45) is 0. The van der Waals surface area contributed by atoms with Crippen molar-refractivity contribution >= 4 is 29.3 Å². The zero-order valence-electron chi connectivity index (χ0n) is 13.2. The second-order valence-corrected chi connectivity index (χ2v) is 5.66. The van der Waals surface area contributed by atoms with Crippen LogP contribution >= 0.6 is 11.8 Å². The number of nitrogens with one attached hydrogen (secondary N) is 1. The molecule has 0 bridgehead atoms. The molecule has 1 atom stereocenters. The first-order valence-electron chi connectivity index (χ1n) is 6.79. The summed E-state index contributed by atoms with van der Waals surface area (Å²) in [4.78, 5) is 33.0. The number of nitro benzene ring substituents is 1. The van der Waals surface area contributed by atoms with Crippen LogP contribution in [0.15, 0.2) is 18.2 Å². The van der Waals surface area contributed by atoms with Gasteiger partial charge in [0.25, 0.3) is 0 Å². The van der Waals surface area contributed by atoms with Gasteiger partial charge in [0, 0.05) is 18.9 Å². The maximum absolute atomic E-state index is 11.7. The number of carbonyl (C=O) groups excluding carboxylic acids is 1. The van der Waals surface area contributed by atoms with Gasteiger partial charge in [0.05, 0.1) is 24.4 Å². The highest BCUT2D eigenvalue weighted by molar-refractivity contribution is 7.99. The van der Waals surface area contributed by atoms with Gasteiger partial charge < -0.3 is 19.9 Å². The third kappa shape index (κ3) is 6.05. The largest absolute Gasteiger partial charge is 0.490 e. The summed E-state index contributed by atoms with van der Waals surface area (Å²) < 4.78 is 9.63. The van der Waals surface area contributed by atoms with Crippen LogP contribution in [0.25, 0.3) is 0 Å². The zero-order valence-corrected chi connectivity index (χ0v) is 14.0. The number of hydrogen-bond donors (Lipinski definition) is 2. The first-order valence-corrected chi connectivity index (χ1v) is 7.94. The van der Waals surface area contributed by atoms with Crippen molar-refractivity contribution in [2.75, 3.05) is 26.6 Å². The first-order chi connectivity index (χ1) is 11.4. The van der Waals surface area contributed by atoms with Gasteiger partial charge in [-0.05, 0) is 11.6 Å². The molecular weight excluding hydrogens is 340 g/mol. The van der Waals surface area contributed by atoms with E-state index < -0.39 is 22.8 Å². The highest BCUT2D eigenvalue weighted by Crippen LogP contribution is 2.28. The molecule has 0 aliphatic heterocycles. The van der Waals surface area contributed by atoms with Crippen LogP contribution in [0.3, 0.4) is 0 Å². The van der Waals surface area contributed by atoms with Crippen molar-refractivity contribution in [1.82, 2.24) is 5.32 Å². The predicted molar refractivity (Wildman–Crippen MR) is 87.3 cm³/mol. The quantitative estimate of drug-likeness (QED) is 0.469. The molecule has 2 N–H and O–H groups in total. The molecule has 132 valence electrons. The molecule has 1 aromatic rings. The van der Waals surface area contributed by atoms with E-state index in [4.69, 9.17) is 14.6 Å². The van der Waals surface area contributed by atoms with Crippen LogP contribution in [0.5, 0.6) is 5.75 Å². The molecule has 0 radical (unpaired) electrons. The number of thioether (sulfide) groups is 1. The van der Waals surface area contributed by atoms with E-state index in [2.05, 4.69) is 5.32 Å². The molecule has 24 heavy (non-hydrogen) atoms. The normalized spacial score (nSPS) is 11.6. The van der Waals surface area contributed by atoms with Gasteiger partial charge in [-0.3, -0.25) is 14.9 Å². The van der Waals surface area contributed by atoms with Crippen LogP contribution in [-0.4, -0.2) is 54.5 Å². The number of benzene rings is 1. The lowest BCUT2D eigenvalue weighted by Crippen LogP contribution is -2.44.